The number of likely N-dealkylation sites (tertiary alicyclic amines) is 1. The van der Waals surface area contributed by atoms with Crippen molar-refractivity contribution < 1.29 is 9.53 Å². The molecule has 17 heavy (non-hydrogen) atoms. The molecular weight excluding hydrogens is 218 g/mol. The van der Waals surface area contributed by atoms with Gasteiger partial charge in [-0.15, -0.1) is 0 Å². The topological polar surface area (TPSA) is 58.8 Å². The van der Waals surface area contributed by atoms with Crippen LogP contribution < -0.4 is 5.73 Å². The summed E-state index contributed by atoms with van der Waals surface area (Å²) in [5.41, 5.74) is 5.59. The fraction of sp³-hybridized carbons (Fsp3) is 0.917. The number of ether oxygens (including phenoxy) is 1. The molecule has 2 heterocycles. The van der Waals surface area contributed by atoms with Crippen molar-refractivity contribution in [3.05, 3.63) is 0 Å². The SMILES string of the molecule is NCC1CN(C(=O)N2CCCCCC2)CCO1. The zero-order valence-electron chi connectivity index (χ0n) is 10.4. The quantitative estimate of drug-likeness (QED) is 0.733. The molecule has 1 unspecified atom stereocenters. The van der Waals surface area contributed by atoms with E-state index >= 15 is 0 Å². The summed E-state index contributed by atoms with van der Waals surface area (Å²) in [4.78, 5) is 16.2. The van der Waals surface area contributed by atoms with Crippen molar-refractivity contribution in [1.29, 1.82) is 0 Å². The number of carbonyl (C=O) groups is 1. The van der Waals surface area contributed by atoms with E-state index in [2.05, 4.69) is 0 Å². The fourth-order valence-electron chi connectivity index (χ4n) is 2.50. The van der Waals surface area contributed by atoms with E-state index in [0.717, 1.165) is 25.9 Å². The lowest BCUT2D eigenvalue weighted by molar-refractivity contribution is -0.0138. The molecule has 0 bridgehead atoms. The first-order valence-electron chi connectivity index (χ1n) is 6.67. The molecule has 2 N–H and O–H groups in total. The van der Waals surface area contributed by atoms with Gasteiger partial charge >= 0.3 is 6.03 Å². The fourth-order valence-corrected chi connectivity index (χ4v) is 2.50. The van der Waals surface area contributed by atoms with Crippen LogP contribution in [0, 0.1) is 0 Å². The maximum Gasteiger partial charge on any atom is 0.320 e. The van der Waals surface area contributed by atoms with E-state index in [1.165, 1.54) is 12.8 Å². The molecule has 0 spiro atoms. The Balaban J connectivity index is 1.89. The molecule has 2 amide bonds. The first kappa shape index (κ1) is 12.6. The molecule has 2 aliphatic heterocycles. The van der Waals surface area contributed by atoms with Crippen LogP contribution in [0.25, 0.3) is 0 Å². The summed E-state index contributed by atoms with van der Waals surface area (Å²) < 4.78 is 5.48. The number of morpholine rings is 1. The summed E-state index contributed by atoms with van der Waals surface area (Å²) >= 11 is 0. The molecule has 2 rings (SSSR count). The molecule has 5 heteroatoms. The molecule has 5 nitrogen and oxygen atoms in total. The van der Waals surface area contributed by atoms with Crippen molar-refractivity contribution in [1.82, 2.24) is 9.80 Å². The molecule has 0 aromatic heterocycles. The summed E-state index contributed by atoms with van der Waals surface area (Å²) in [6, 6.07) is 0.175. The average molecular weight is 241 g/mol. The minimum absolute atomic E-state index is 0.0136. The van der Waals surface area contributed by atoms with Gasteiger partial charge in [-0.25, -0.2) is 4.79 Å². The Morgan fingerprint density at radius 2 is 1.82 bits per heavy atom. The van der Waals surface area contributed by atoms with E-state index in [9.17, 15) is 4.79 Å². The van der Waals surface area contributed by atoms with Gasteiger partial charge in [0.25, 0.3) is 0 Å². The highest BCUT2D eigenvalue weighted by atomic mass is 16.5. The van der Waals surface area contributed by atoms with Crippen LogP contribution in [-0.4, -0.2) is 61.3 Å². The Hall–Kier alpha value is -0.810. The van der Waals surface area contributed by atoms with Gasteiger partial charge in [-0.2, -0.15) is 0 Å². The van der Waals surface area contributed by atoms with Gasteiger partial charge in [-0.05, 0) is 12.8 Å². The van der Waals surface area contributed by atoms with E-state index in [1.54, 1.807) is 0 Å². The van der Waals surface area contributed by atoms with Gasteiger partial charge in [0.1, 0.15) is 0 Å². The predicted octanol–water partition coefficient (Wildman–Crippen LogP) is 0.642. The van der Waals surface area contributed by atoms with Gasteiger partial charge in [0, 0.05) is 32.7 Å². The van der Waals surface area contributed by atoms with Crippen LogP contribution in [-0.2, 0) is 4.74 Å². The highest BCUT2D eigenvalue weighted by Gasteiger charge is 2.27. The number of nitrogens with zero attached hydrogens (tertiary/aromatic N) is 2. The van der Waals surface area contributed by atoms with E-state index in [-0.39, 0.29) is 12.1 Å². The lowest BCUT2D eigenvalue weighted by Gasteiger charge is -2.35. The summed E-state index contributed by atoms with van der Waals surface area (Å²) in [6.07, 6.45) is 4.78. The number of hydrogen-bond donors (Lipinski definition) is 1. The average Bonchev–Trinajstić information content (AvgIpc) is 2.67. The van der Waals surface area contributed by atoms with Crippen LogP contribution in [0.1, 0.15) is 25.7 Å². The molecular formula is C12H23N3O2. The van der Waals surface area contributed by atoms with Gasteiger partial charge in [-0.3, -0.25) is 0 Å². The number of hydrogen-bond acceptors (Lipinski definition) is 3. The number of carbonyl (C=O) groups excluding carboxylic acids is 1. The molecule has 0 radical (unpaired) electrons. The third kappa shape index (κ3) is 3.33. The van der Waals surface area contributed by atoms with Crippen LogP contribution in [0.5, 0.6) is 0 Å². The zero-order chi connectivity index (χ0) is 12.1. The lowest BCUT2D eigenvalue weighted by Crippen LogP contribution is -2.52. The van der Waals surface area contributed by atoms with E-state index in [1.807, 2.05) is 9.80 Å². The Bertz CT molecular complexity index is 252. The summed E-state index contributed by atoms with van der Waals surface area (Å²) in [5, 5.41) is 0. The third-order valence-electron chi connectivity index (χ3n) is 3.55. The van der Waals surface area contributed by atoms with Gasteiger partial charge in [-0.1, -0.05) is 12.8 Å². The van der Waals surface area contributed by atoms with Crippen molar-refractivity contribution in [3.8, 4) is 0 Å². The van der Waals surface area contributed by atoms with Crippen molar-refractivity contribution in [2.24, 2.45) is 5.73 Å². The van der Waals surface area contributed by atoms with Gasteiger partial charge in [0.15, 0.2) is 0 Å². The van der Waals surface area contributed by atoms with E-state index in [0.29, 0.717) is 26.2 Å². The Labute approximate surface area is 103 Å². The molecule has 2 saturated heterocycles. The van der Waals surface area contributed by atoms with Crippen LogP contribution in [0.2, 0.25) is 0 Å². The summed E-state index contributed by atoms with van der Waals surface area (Å²) in [5.74, 6) is 0. The molecule has 0 aromatic rings. The maximum atomic E-state index is 12.3. The Morgan fingerprint density at radius 1 is 1.12 bits per heavy atom. The number of amides is 2. The van der Waals surface area contributed by atoms with Gasteiger partial charge in [0.05, 0.1) is 12.7 Å². The number of rotatable bonds is 1. The molecule has 0 saturated carbocycles. The van der Waals surface area contributed by atoms with Crippen molar-refractivity contribution >= 4 is 6.03 Å². The minimum Gasteiger partial charge on any atom is -0.373 e. The second-order valence-electron chi connectivity index (χ2n) is 4.86. The third-order valence-corrected chi connectivity index (χ3v) is 3.55. The van der Waals surface area contributed by atoms with Gasteiger partial charge < -0.3 is 20.3 Å². The van der Waals surface area contributed by atoms with Crippen LogP contribution >= 0.6 is 0 Å². The lowest BCUT2D eigenvalue weighted by atomic mass is 10.2. The largest absolute Gasteiger partial charge is 0.373 e. The first-order valence-corrected chi connectivity index (χ1v) is 6.67. The molecule has 98 valence electrons. The van der Waals surface area contributed by atoms with Crippen molar-refractivity contribution in [3.63, 3.8) is 0 Å². The molecule has 0 aromatic carbocycles. The monoisotopic (exact) mass is 241 g/mol. The number of nitrogens with two attached hydrogens (primary N) is 1. The maximum absolute atomic E-state index is 12.3. The van der Waals surface area contributed by atoms with Crippen molar-refractivity contribution in [2.75, 3.05) is 39.3 Å². The normalized spacial score (nSPS) is 26.8. The second kappa shape index (κ2) is 6.21. The highest BCUT2D eigenvalue weighted by Crippen LogP contribution is 2.13. The summed E-state index contributed by atoms with van der Waals surface area (Å²) in [6.45, 7) is 4.26. The van der Waals surface area contributed by atoms with Gasteiger partial charge in [0.2, 0.25) is 0 Å². The number of urea groups is 1. The van der Waals surface area contributed by atoms with Crippen LogP contribution in [0.4, 0.5) is 4.79 Å². The second-order valence-corrected chi connectivity index (χ2v) is 4.86. The molecule has 1 atom stereocenters. The van der Waals surface area contributed by atoms with E-state index in [4.69, 9.17) is 10.5 Å². The Kier molecular flexibility index (Phi) is 4.62. The predicted molar refractivity (Wildman–Crippen MR) is 65.8 cm³/mol. The van der Waals surface area contributed by atoms with Crippen LogP contribution in [0.3, 0.4) is 0 Å². The zero-order valence-corrected chi connectivity index (χ0v) is 10.4. The smallest absolute Gasteiger partial charge is 0.320 e. The standard InChI is InChI=1S/C12H23N3O2/c13-9-11-10-15(7-8-17-11)12(16)14-5-3-1-2-4-6-14/h11H,1-10,13H2. The van der Waals surface area contributed by atoms with Crippen molar-refractivity contribution in [2.45, 2.75) is 31.8 Å². The molecule has 0 aliphatic carbocycles. The Morgan fingerprint density at radius 3 is 2.47 bits per heavy atom. The molecule has 2 aliphatic rings. The van der Waals surface area contributed by atoms with Crippen LogP contribution in [0.15, 0.2) is 0 Å². The highest BCUT2D eigenvalue weighted by molar-refractivity contribution is 5.74. The summed E-state index contributed by atoms with van der Waals surface area (Å²) in [7, 11) is 0. The van der Waals surface area contributed by atoms with E-state index < -0.39 is 0 Å². The first-order chi connectivity index (χ1) is 8.31. The minimum atomic E-state index is 0.0136. The molecule has 2 fully saturated rings.